The zero-order valence-corrected chi connectivity index (χ0v) is 24.0. The van der Waals surface area contributed by atoms with Crippen LogP contribution in [0, 0.1) is 11.8 Å². The van der Waals surface area contributed by atoms with Gasteiger partial charge in [0.1, 0.15) is 6.61 Å². The number of alkyl carbamates (subject to hydrolysis) is 1. The number of likely N-dealkylation sites (tertiary alicyclic amines) is 1. The molecule has 0 unspecified atom stereocenters. The van der Waals surface area contributed by atoms with Crippen molar-refractivity contribution in [3.8, 4) is 0 Å². The maximum Gasteiger partial charge on any atom is 0.407 e. The van der Waals surface area contributed by atoms with E-state index in [-0.39, 0.29) is 36.4 Å². The molecule has 0 radical (unpaired) electrons. The molecule has 0 spiro atoms. The third-order valence-corrected chi connectivity index (χ3v) is 8.39. The summed E-state index contributed by atoms with van der Waals surface area (Å²) in [6.07, 6.45) is 5.12. The summed E-state index contributed by atoms with van der Waals surface area (Å²) in [7, 11) is -3.27. The topological polar surface area (TPSA) is 125 Å². The van der Waals surface area contributed by atoms with Crippen LogP contribution in [0.1, 0.15) is 58.4 Å². The smallest absolute Gasteiger partial charge is 0.407 e. The molecule has 1 saturated carbocycles. The maximum absolute atomic E-state index is 13.3. The summed E-state index contributed by atoms with van der Waals surface area (Å²) < 4.78 is 27.9. The molecule has 38 heavy (non-hydrogen) atoms. The number of fused-ring (bicyclic) bond motifs is 1. The van der Waals surface area contributed by atoms with Crippen LogP contribution in [0.5, 0.6) is 0 Å². The Morgan fingerprint density at radius 2 is 1.79 bits per heavy atom. The maximum atomic E-state index is 13.3. The van der Waals surface area contributed by atoms with E-state index in [9.17, 15) is 23.1 Å². The standard InChI is InChI=1S/C28H45N3O6S/c1-28(2,3)30-26(33)24-17-21-12-8-9-13-22(21)18-31(24)19-25(32)23(16-20-10-6-5-7-11-20)29-27(34)37-14-15-38(4,35)36/h5-7,10-11,21-25,32H,8-9,12-19H2,1-4H3,(H,29,34)(H,30,33)/t21-,22+,23-,24-,25+/m0/s1. The molecule has 5 atom stereocenters. The van der Waals surface area contributed by atoms with Crippen molar-refractivity contribution in [1.29, 1.82) is 0 Å². The highest BCUT2D eigenvalue weighted by Crippen LogP contribution is 2.39. The summed E-state index contributed by atoms with van der Waals surface area (Å²) in [5.41, 5.74) is 0.568. The highest BCUT2D eigenvalue weighted by molar-refractivity contribution is 7.90. The van der Waals surface area contributed by atoms with Gasteiger partial charge in [-0.1, -0.05) is 49.6 Å². The van der Waals surface area contributed by atoms with Crippen LogP contribution < -0.4 is 10.6 Å². The van der Waals surface area contributed by atoms with Crippen LogP contribution >= 0.6 is 0 Å². The molecule has 10 heteroatoms. The molecule has 1 aromatic carbocycles. The molecule has 1 saturated heterocycles. The number of nitrogens with one attached hydrogen (secondary N) is 2. The third-order valence-electron chi connectivity index (χ3n) is 7.48. The molecular weight excluding hydrogens is 506 g/mol. The minimum atomic E-state index is -3.27. The predicted molar refractivity (Wildman–Crippen MR) is 147 cm³/mol. The van der Waals surface area contributed by atoms with Gasteiger partial charge in [-0.25, -0.2) is 13.2 Å². The number of hydrogen-bond acceptors (Lipinski definition) is 7. The number of aliphatic hydroxyl groups is 1. The number of piperidine rings is 1. The molecule has 2 aliphatic rings. The fourth-order valence-corrected chi connectivity index (χ4v) is 6.01. The Morgan fingerprint density at radius 1 is 1.13 bits per heavy atom. The molecule has 1 aliphatic carbocycles. The molecule has 2 fully saturated rings. The average Bonchev–Trinajstić information content (AvgIpc) is 2.82. The fourth-order valence-electron chi connectivity index (χ4n) is 5.62. The van der Waals surface area contributed by atoms with Gasteiger partial charge in [-0.3, -0.25) is 9.69 Å². The van der Waals surface area contributed by atoms with Crippen LogP contribution in [-0.2, 0) is 25.8 Å². The summed E-state index contributed by atoms with van der Waals surface area (Å²) in [5, 5.41) is 17.3. The van der Waals surface area contributed by atoms with Crippen LogP contribution in [0.4, 0.5) is 4.79 Å². The van der Waals surface area contributed by atoms with E-state index in [1.807, 2.05) is 51.1 Å². The molecule has 2 amide bonds. The van der Waals surface area contributed by atoms with Crippen molar-refractivity contribution in [1.82, 2.24) is 15.5 Å². The molecule has 1 heterocycles. The first-order valence-corrected chi connectivity index (χ1v) is 15.8. The first-order chi connectivity index (χ1) is 17.8. The molecule has 9 nitrogen and oxygen atoms in total. The zero-order chi connectivity index (χ0) is 27.9. The van der Waals surface area contributed by atoms with Crippen molar-refractivity contribution in [2.24, 2.45) is 11.8 Å². The zero-order valence-electron chi connectivity index (χ0n) is 23.2. The molecule has 3 rings (SSSR count). The Bertz CT molecular complexity index is 1030. The minimum Gasteiger partial charge on any atom is -0.448 e. The molecule has 0 aromatic heterocycles. The van der Waals surface area contributed by atoms with Crippen molar-refractivity contribution in [3.05, 3.63) is 35.9 Å². The largest absolute Gasteiger partial charge is 0.448 e. The predicted octanol–water partition coefficient (Wildman–Crippen LogP) is 2.52. The lowest BCUT2D eigenvalue weighted by molar-refractivity contribution is -0.132. The Balaban J connectivity index is 1.74. The third kappa shape index (κ3) is 9.85. The number of ether oxygens (including phenoxy) is 1. The summed E-state index contributed by atoms with van der Waals surface area (Å²) in [5.74, 6) is 0.710. The summed E-state index contributed by atoms with van der Waals surface area (Å²) in [4.78, 5) is 28.0. The van der Waals surface area contributed by atoms with E-state index in [4.69, 9.17) is 4.74 Å². The van der Waals surface area contributed by atoms with Crippen molar-refractivity contribution in [3.63, 3.8) is 0 Å². The Hall–Kier alpha value is -2.17. The van der Waals surface area contributed by atoms with E-state index in [0.717, 1.165) is 37.6 Å². The second-order valence-electron chi connectivity index (χ2n) is 12.0. The van der Waals surface area contributed by atoms with Gasteiger partial charge < -0.3 is 20.5 Å². The SMILES string of the molecule is CC(C)(C)NC(=O)[C@@H]1C[C@@H]2CCCC[C@@H]2CN1C[C@@H](O)[C@H](Cc1ccccc1)NC(=O)OCCS(C)(=O)=O. The molecule has 214 valence electrons. The van der Waals surface area contributed by atoms with E-state index in [1.54, 1.807) is 0 Å². The lowest BCUT2D eigenvalue weighted by atomic mass is 9.72. The number of rotatable bonds is 10. The van der Waals surface area contributed by atoms with E-state index < -0.39 is 28.1 Å². The quantitative estimate of drug-likeness (QED) is 0.408. The average molecular weight is 552 g/mol. The van der Waals surface area contributed by atoms with Crippen LogP contribution in [0.15, 0.2) is 30.3 Å². The number of amides is 2. The highest BCUT2D eigenvalue weighted by atomic mass is 32.2. The minimum absolute atomic E-state index is 0.0264. The number of hydrogen-bond donors (Lipinski definition) is 3. The number of sulfone groups is 1. The Labute approximate surface area is 227 Å². The Morgan fingerprint density at radius 3 is 2.42 bits per heavy atom. The van der Waals surface area contributed by atoms with E-state index >= 15 is 0 Å². The van der Waals surface area contributed by atoms with Gasteiger partial charge in [-0.2, -0.15) is 0 Å². The van der Waals surface area contributed by atoms with Gasteiger partial charge in [0.05, 0.1) is 23.9 Å². The number of β-amino-alcohol motifs (C(OH)–C–C–N with tert-alkyl or cyclic N) is 1. The lowest BCUT2D eigenvalue weighted by Gasteiger charge is -2.47. The summed E-state index contributed by atoms with van der Waals surface area (Å²) in [6, 6.07) is 8.50. The first-order valence-electron chi connectivity index (χ1n) is 13.7. The number of aliphatic hydroxyl groups excluding tert-OH is 1. The van der Waals surface area contributed by atoms with Gasteiger partial charge in [0.25, 0.3) is 0 Å². The van der Waals surface area contributed by atoms with Gasteiger partial charge in [0, 0.05) is 24.9 Å². The van der Waals surface area contributed by atoms with E-state index in [1.165, 1.54) is 12.8 Å². The number of nitrogens with zero attached hydrogens (tertiary/aromatic N) is 1. The second-order valence-corrected chi connectivity index (χ2v) is 14.3. The van der Waals surface area contributed by atoms with Crippen LogP contribution in [0.3, 0.4) is 0 Å². The highest BCUT2D eigenvalue weighted by Gasteiger charge is 2.41. The van der Waals surface area contributed by atoms with Crippen molar-refractivity contribution >= 4 is 21.8 Å². The summed E-state index contributed by atoms with van der Waals surface area (Å²) in [6.45, 7) is 6.60. The molecular formula is C28H45N3O6S. The molecule has 1 aromatic rings. The van der Waals surface area contributed by atoms with Gasteiger partial charge in [0.15, 0.2) is 9.84 Å². The van der Waals surface area contributed by atoms with E-state index in [2.05, 4.69) is 15.5 Å². The normalized spacial score (nSPS) is 24.1. The molecule has 3 N–H and O–H groups in total. The van der Waals surface area contributed by atoms with Crippen LogP contribution in [-0.4, -0.2) is 85.9 Å². The van der Waals surface area contributed by atoms with Crippen molar-refractivity contribution in [2.45, 2.75) is 83.0 Å². The lowest BCUT2D eigenvalue weighted by Crippen LogP contribution is -2.60. The van der Waals surface area contributed by atoms with Gasteiger partial charge in [-0.05, 0) is 57.4 Å². The number of carbonyl (C=O) groups is 2. The number of benzene rings is 1. The fraction of sp³-hybridized carbons (Fsp3) is 0.714. The van der Waals surface area contributed by atoms with Crippen LogP contribution in [0.25, 0.3) is 0 Å². The molecule has 1 aliphatic heterocycles. The number of carbonyl (C=O) groups excluding carboxylic acids is 2. The van der Waals surface area contributed by atoms with Crippen molar-refractivity contribution < 1.29 is 27.9 Å². The van der Waals surface area contributed by atoms with Crippen molar-refractivity contribution in [2.75, 3.05) is 31.7 Å². The first kappa shape index (κ1) is 30.4. The monoisotopic (exact) mass is 551 g/mol. The summed E-state index contributed by atoms with van der Waals surface area (Å²) >= 11 is 0. The Kier molecular flexibility index (Phi) is 10.6. The van der Waals surface area contributed by atoms with Gasteiger partial charge >= 0.3 is 6.09 Å². The van der Waals surface area contributed by atoms with Gasteiger partial charge in [-0.15, -0.1) is 0 Å². The van der Waals surface area contributed by atoms with Crippen LogP contribution in [0.2, 0.25) is 0 Å². The van der Waals surface area contributed by atoms with Gasteiger partial charge in [0.2, 0.25) is 5.91 Å². The van der Waals surface area contributed by atoms with E-state index in [0.29, 0.717) is 18.3 Å². The second kappa shape index (κ2) is 13.3. The molecule has 0 bridgehead atoms.